The van der Waals surface area contributed by atoms with Crippen LogP contribution in [-0.4, -0.2) is 42.8 Å². The van der Waals surface area contributed by atoms with Crippen LogP contribution in [0.3, 0.4) is 0 Å². The van der Waals surface area contributed by atoms with Gasteiger partial charge in [0.05, 0.1) is 17.3 Å². The van der Waals surface area contributed by atoms with E-state index in [4.69, 9.17) is 15.4 Å². The minimum atomic E-state index is -4.06. The van der Waals surface area contributed by atoms with E-state index >= 15 is 0 Å². The van der Waals surface area contributed by atoms with Gasteiger partial charge in [-0.2, -0.15) is 5.10 Å². The summed E-state index contributed by atoms with van der Waals surface area (Å²) in [6.07, 6.45) is 0.855. The number of rotatable bonds is 4. The Morgan fingerprint density at radius 1 is 1.62 bits per heavy atom. The van der Waals surface area contributed by atoms with Crippen LogP contribution in [0.15, 0.2) is 4.90 Å². The predicted octanol–water partition coefficient (Wildman–Crippen LogP) is 1.20. The van der Waals surface area contributed by atoms with E-state index in [-0.39, 0.29) is 16.7 Å². The third kappa shape index (κ3) is 3.07. The maximum atomic E-state index is 12.4. The number of H-pyrrole nitrogens is 1. The van der Waals surface area contributed by atoms with Crippen LogP contribution in [0.5, 0.6) is 0 Å². The molecule has 2 unspecified atom stereocenters. The molecule has 2 N–H and O–H groups in total. The summed E-state index contributed by atoms with van der Waals surface area (Å²) in [6.45, 7) is 5.99. The summed E-state index contributed by atoms with van der Waals surface area (Å²) in [4.78, 5) is 12.1. The fraction of sp³-hybridized carbons (Fsp3) is 0.667. The fourth-order valence-electron chi connectivity index (χ4n) is 2.34. The number of ether oxygens (including phenoxy) is 1. The topological polar surface area (TPSA) is 101 Å². The first-order valence-corrected chi connectivity index (χ1v) is 8.96. The summed E-state index contributed by atoms with van der Waals surface area (Å²) >= 11 is 0. The normalized spacial score (nSPS) is 26.0. The number of aromatic amines is 1. The van der Waals surface area contributed by atoms with Crippen LogP contribution >= 0.6 is 10.7 Å². The van der Waals surface area contributed by atoms with Gasteiger partial charge in [-0.05, 0) is 26.7 Å². The molecule has 1 fully saturated rings. The molecule has 21 heavy (non-hydrogen) atoms. The van der Waals surface area contributed by atoms with Crippen molar-refractivity contribution in [2.24, 2.45) is 0 Å². The fourth-order valence-corrected chi connectivity index (χ4v) is 3.69. The van der Waals surface area contributed by atoms with Crippen LogP contribution < -0.4 is 5.32 Å². The Labute approximate surface area is 127 Å². The number of carbonyl (C=O) groups excluding carboxylic acids is 1. The lowest BCUT2D eigenvalue weighted by Crippen LogP contribution is -2.50. The highest BCUT2D eigenvalue weighted by Gasteiger charge is 2.40. The number of aryl methyl sites for hydroxylation is 1. The Hall–Kier alpha value is -1.12. The molecule has 0 saturated carbocycles. The van der Waals surface area contributed by atoms with Gasteiger partial charge in [0.2, 0.25) is 0 Å². The molecule has 2 heterocycles. The van der Waals surface area contributed by atoms with E-state index in [0.29, 0.717) is 25.1 Å². The van der Waals surface area contributed by atoms with Crippen molar-refractivity contribution in [3.8, 4) is 0 Å². The van der Waals surface area contributed by atoms with Gasteiger partial charge in [-0.1, -0.05) is 6.92 Å². The molecule has 1 aromatic rings. The molecular formula is C12H18ClN3O4S. The molecule has 2 atom stereocenters. The average Bonchev–Trinajstić information content (AvgIpc) is 2.93. The zero-order valence-electron chi connectivity index (χ0n) is 12.1. The van der Waals surface area contributed by atoms with Gasteiger partial charge in [-0.15, -0.1) is 0 Å². The predicted molar refractivity (Wildman–Crippen MR) is 76.9 cm³/mol. The van der Waals surface area contributed by atoms with Crippen molar-refractivity contribution in [3.05, 3.63) is 11.4 Å². The van der Waals surface area contributed by atoms with E-state index in [0.717, 1.165) is 0 Å². The van der Waals surface area contributed by atoms with Gasteiger partial charge >= 0.3 is 0 Å². The molecule has 118 valence electrons. The van der Waals surface area contributed by atoms with E-state index in [2.05, 4.69) is 15.5 Å². The highest BCUT2D eigenvalue weighted by atomic mass is 35.7. The van der Waals surface area contributed by atoms with Gasteiger partial charge < -0.3 is 10.1 Å². The Morgan fingerprint density at radius 2 is 2.29 bits per heavy atom. The van der Waals surface area contributed by atoms with Crippen LogP contribution in [0.4, 0.5) is 0 Å². The summed E-state index contributed by atoms with van der Waals surface area (Å²) < 4.78 is 28.8. The van der Waals surface area contributed by atoms with Gasteiger partial charge in [0.15, 0.2) is 5.69 Å². The van der Waals surface area contributed by atoms with E-state index in [9.17, 15) is 13.2 Å². The molecule has 0 spiro atoms. The molecule has 1 aliphatic heterocycles. The molecule has 1 saturated heterocycles. The lowest BCUT2D eigenvalue weighted by molar-refractivity contribution is 0.0722. The number of carbonyl (C=O) groups is 1. The third-order valence-corrected chi connectivity index (χ3v) is 5.28. The first kappa shape index (κ1) is 16.3. The molecule has 0 radical (unpaired) electrons. The van der Waals surface area contributed by atoms with Crippen molar-refractivity contribution in [1.82, 2.24) is 15.5 Å². The van der Waals surface area contributed by atoms with E-state index < -0.39 is 20.5 Å². The lowest BCUT2D eigenvalue weighted by Gasteiger charge is -2.28. The summed E-state index contributed by atoms with van der Waals surface area (Å²) in [6, 6.07) is 0. The number of hydrogen-bond donors (Lipinski definition) is 2. The zero-order chi connectivity index (χ0) is 15.8. The van der Waals surface area contributed by atoms with Crippen LogP contribution in [0, 0.1) is 0 Å². The highest BCUT2D eigenvalue weighted by molar-refractivity contribution is 8.13. The minimum Gasteiger partial charge on any atom is -0.376 e. The first-order chi connectivity index (χ1) is 9.69. The maximum Gasteiger partial charge on any atom is 0.273 e. The van der Waals surface area contributed by atoms with Crippen molar-refractivity contribution in [2.75, 3.05) is 6.61 Å². The van der Waals surface area contributed by atoms with Crippen molar-refractivity contribution in [2.45, 2.75) is 50.2 Å². The van der Waals surface area contributed by atoms with Crippen LogP contribution in [-0.2, 0) is 20.2 Å². The second kappa shape index (κ2) is 5.58. The van der Waals surface area contributed by atoms with Gasteiger partial charge in [0, 0.05) is 17.3 Å². The van der Waals surface area contributed by atoms with Gasteiger partial charge in [-0.25, -0.2) is 8.42 Å². The van der Waals surface area contributed by atoms with Crippen LogP contribution in [0.25, 0.3) is 0 Å². The number of aromatic nitrogens is 2. The summed E-state index contributed by atoms with van der Waals surface area (Å²) in [5, 5.41) is 9.17. The first-order valence-electron chi connectivity index (χ1n) is 6.65. The summed E-state index contributed by atoms with van der Waals surface area (Å²) in [7, 11) is 1.36. The average molecular weight is 336 g/mol. The summed E-state index contributed by atoms with van der Waals surface area (Å²) in [5.41, 5.74) is -0.450. The third-order valence-electron chi connectivity index (χ3n) is 3.89. The number of hydrogen-bond acceptors (Lipinski definition) is 5. The van der Waals surface area contributed by atoms with Crippen molar-refractivity contribution in [3.63, 3.8) is 0 Å². The minimum absolute atomic E-state index is 0.165. The summed E-state index contributed by atoms with van der Waals surface area (Å²) in [5.74, 6) is -0.579. The molecule has 2 rings (SSSR count). The molecule has 9 heteroatoms. The largest absolute Gasteiger partial charge is 0.376 e. The lowest BCUT2D eigenvalue weighted by atomic mass is 9.94. The van der Waals surface area contributed by atoms with Crippen molar-refractivity contribution >= 4 is 25.6 Å². The van der Waals surface area contributed by atoms with E-state index in [1.807, 2.05) is 13.8 Å². The number of amides is 1. The Balaban J connectivity index is 2.35. The molecule has 1 aliphatic rings. The number of halogens is 1. The van der Waals surface area contributed by atoms with Crippen molar-refractivity contribution in [1.29, 1.82) is 0 Å². The van der Waals surface area contributed by atoms with Gasteiger partial charge in [0.25, 0.3) is 15.0 Å². The highest BCUT2D eigenvalue weighted by Crippen LogP contribution is 2.27. The second-order valence-electron chi connectivity index (χ2n) is 5.31. The molecular weight excluding hydrogens is 318 g/mol. The molecule has 0 aliphatic carbocycles. The monoisotopic (exact) mass is 335 g/mol. The second-order valence-corrected chi connectivity index (χ2v) is 7.81. The van der Waals surface area contributed by atoms with Gasteiger partial charge in [-0.3, -0.25) is 9.89 Å². The Kier molecular flexibility index (Phi) is 4.32. The maximum absolute atomic E-state index is 12.4. The Morgan fingerprint density at radius 3 is 2.76 bits per heavy atom. The standard InChI is InChI=1S/C12H18ClN3O4S/c1-4-8-10(21(13,18)19)9(16-15-8)11(17)14-12(3)5-6-20-7(12)2/h7H,4-6H2,1-3H3,(H,14,17)(H,15,16). The quantitative estimate of drug-likeness (QED) is 0.805. The molecule has 0 bridgehead atoms. The number of nitrogens with one attached hydrogen (secondary N) is 2. The Bertz CT molecular complexity index is 657. The number of nitrogens with zero attached hydrogens (tertiary/aromatic N) is 1. The van der Waals surface area contributed by atoms with Crippen molar-refractivity contribution < 1.29 is 17.9 Å². The SMILES string of the molecule is CCc1[nH]nc(C(=O)NC2(C)CCOC2C)c1S(=O)(=O)Cl. The molecule has 1 amide bonds. The molecule has 7 nitrogen and oxygen atoms in total. The smallest absolute Gasteiger partial charge is 0.273 e. The van der Waals surface area contributed by atoms with Gasteiger partial charge in [0.1, 0.15) is 4.90 Å². The molecule has 1 aromatic heterocycles. The van der Waals surface area contributed by atoms with E-state index in [1.165, 1.54) is 0 Å². The van der Waals surface area contributed by atoms with Crippen LogP contribution in [0.1, 0.15) is 43.4 Å². The van der Waals surface area contributed by atoms with E-state index in [1.54, 1.807) is 6.92 Å². The zero-order valence-corrected chi connectivity index (χ0v) is 13.6. The molecule has 0 aromatic carbocycles. The van der Waals surface area contributed by atoms with Crippen LogP contribution in [0.2, 0.25) is 0 Å².